The molecule has 0 aromatic heterocycles. The van der Waals surface area contributed by atoms with Crippen LogP contribution in [0.15, 0.2) is 24.3 Å². The van der Waals surface area contributed by atoms with Gasteiger partial charge in [0, 0.05) is 24.3 Å². The smallest absolute Gasteiger partial charge is 0.0487 e. The zero-order valence-electron chi connectivity index (χ0n) is 12.6. The highest BCUT2D eigenvalue weighted by atomic mass is 127. The van der Waals surface area contributed by atoms with E-state index >= 15 is 0 Å². The summed E-state index contributed by atoms with van der Waals surface area (Å²) in [5.74, 6) is 1.19. The molecule has 2 aromatic carbocycles. The molecule has 2 aliphatic rings. The molecule has 0 nitrogen and oxygen atoms in total. The van der Waals surface area contributed by atoms with Gasteiger partial charge in [-0.15, -0.1) is 23.2 Å². The molecule has 0 radical (unpaired) electrons. The molecule has 1 spiro atoms. The Labute approximate surface area is 174 Å². The molecule has 23 heavy (non-hydrogen) atoms. The van der Waals surface area contributed by atoms with Gasteiger partial charge in [-0.3, -0.25) is 0 Å². The largest absolute Gasteiger partial charge is 0.121 e. The standard InChI is InChI=1S/C19H16Cl2I2/c20-9-13-15(22)3-1-11-5-7-19(17(11)13)8-6-12-2-4-16(23)14(10-21)18(12)19/h1-4H,5-10H2. The van der Waals surface area contributed by atoms with E-state index in [0.717, 1.165) is 12.8 Å². The van der Waals surface area contributed by atoms with Gasteiger partial charge in [0.25, 0.3) is 0 Å². The molecule has 0 N–H and O–H groups in total. The van der Waals surface area contributed by atoms with Gasteiger partial charge in [-0.25, -0.2) is 0 Å². The van der Waals surface area contributed by atoms with Gasteiger partial charge in [-0.05, 0) is 116 Å². The van der Waals surface area contributed by atoms with Crippen molar-refractivity contribution in [3.8, 4) is 0 Å². The number of rotatable bonds is 2. The van der Waals surface area contributed by atoms with Crippen molar-refractivity contribution in [2.45, 2.75) is 42.9 Å². The first-order valence-corrected chi connectivity index (χ1v) is 11.1. The Morgan fingerprint density at radius 1 is 0.783 bits per heavy atom. The third-order valence-corrected chi connectivity index (χ3v) is 8.11. The van der Waals surface area contributed by atoms with Crippen LogP contribution in [0.1, 0.15) is 46.2 Å². The van der Waals surface area contributed by atoms with Gasteiger partial charge in [0.1, 0.15) is 0 Å². The second kappa shape index (κ2) is 6.33. The minimum Gasteiger partial charge on any atom is -0.121 e. The summed E-state index contributed by atoms with van der Waals surface area (Å²) in [7, 11) is 0. The minimum atomic E-state index is 0.140. The Balaban J connectivity index is 2.04. The van der Waals surface area contributed by atoms with Crippen molar-refractivity contribution in [3.63, 3.8) is 0 Å². The Kier molecular flexibility index (Phi) is 4.66. The fourth-order valence-electron chi connectivity index (χ4n) is 4.66. The minimum absolute atomic E-state index is 0.140. The highest BCUT2D eigenvalue weighted by Crippen LogP contribution is 2.55. The molecule has 0 aliphatic heterocycles. The van der Waals surface area contributed by atoms with E-state index in [9.17, 15) is 0 Å². The van der Waals surface area contributed by atoms with Gasteiger partial charge in [-0.2, -0.15) is 0 Å². The number of fused-ring (bicyclic) bond motifs is 4. The summed E-state index contributed by atoms with van der Waals surface area (Å²) in [6.45, 7) is 0. The van der Waals surface area contributed by atoms with Crippen molar-refractivity contribution in [2.75, 3.05) is 0 Å². The van der Waals surface area contributed by atoms with E-state index < -0.39 is 0 Å². The summed E-state index contributed by atoms with van der Waals surface area (Å²) >= 11 is 17.6. The van der Waals surface area contributed by atoms with Gasteiger partial charge in [0.05, 0.1) is 0 Å². The van der Waals surface area contributed by atoms with E-state index in [1.54, 1.807) is 0 Å². The van der Waals surface area contributed by atoms with Gasteiger partial charge in [0.2, 0.25) is 0 Å². The lowest BCUT2D eigenvalue weighted by molar-refractivity contribution is 0.502. The van der Waals surface area contributed by atoms with Crippen LogP contribution in [0.2, 0.25) is 0 Å². The Bertz CT molecular complexity index is 731. The lowest BCUT2D eigenvalue weighted by Gasteiger charge is -2.31. The average molecular weight is 569 g/mol. The first-order valence-electron chi connectivity index (χ1n) is 7.86. The summed E-state index contributed by atoms with van der Waals surface area (Å²) in [5.41, 5.74) is 8.85. The molecule has 4 rings (SSSR count). The molecular weight excluding hydrogens is 553 g/mol. The Hall–Kier alpha value is 0.480. The fraction of sp³-hybridized carbons (Fsp3) is 0.368. The van der Waals surface area contributed by atoms with Gasteiger partial charge in [-0.1, -0.05) is 12.1 Å². The first kappa shape index (κ1) is 16.9. The van der Waals surface area contributed by atoms with E-state index in [0.29, 0.717) is 11.8 Å². The van der Waals surface area contributed by atoms with Crippen molar-refractivity contribution in [2.24, 2.45) is 0 Å². The van der Waals surface area contributed by atoms with Crippen molar-refractivity contribution in [1.82, 2.24) is 0 Å². The normalized spacial score (nSPS) is 17.6. The predicted molar refractivity (Wildman–Crippen MR) is 115 cm³/mol. The molecule has 120 valence electrons. The fourth-order valence-corrected chi connectivity index (χ4v) is 6.94. The third-order valence-electron chi connectivity index (χ3n) is 5.55. The summed E-state index contributed by atoms with van der Waals surface area (Å²) in [6.07, 6.45) is 4.71. The number of hydrogen-bond acceptors (Lipinski definition) is 0. The quantitative estimate of drug-likeness (QED) is 0.285. The maximum absolute atomic E-state index is 6.38. The van der Waals surface area contributed by atoms with E-state index in [1.807, 2.05) is 0 Å². The van der Waals surface area contributed by atoms with Gasteiger partial charge < -0.3 is 0 Å². The molecule has 0 unspecified atom stereocenters. The molecule has 0 saturated carbocycles. The molecule has 0 atom stereocenters. The SMILES string of the molecule is ClCc1c(I)ccc2c1C1(CC2)CCc2ccc(I)c(CCl)c21. The van der Waals surface area contributed by atoms with E-state index in [-0.39, 0.29) is 5.41 Å². The topological polar surface area (TPSA) is 0 Å². The lowest BCUT2D eigenvalue weighted by atomic mass is 9.73. The summed E-state index contributed by atoms with van der Waals surface area (Å²) in [5, 5.41) is 0. The van der Waals surface area contributed by atoms with Gasteiger partial charge >= 0.3 is 0 Å². The maximum Gasteiger partial charge on any atom is 0.0487 e. The molecule has 2 aromatic rings. The monoisotopic (exact) mass is 568 g/mol. The maximum atomic E-state index is 6.38. The van der Waals surface area contributed by atoms with E-state index in [4.69, 9.17) is 23.2 Å². The van der Waals surface area contributed by atoms with Crippen molar-refractivity contribution >= 4 is 68.4 Å². The number of benzene rings is 2. The first-order chi connectivity index (χ1) is 11.1. The molecule has 0 heterocycles. The Morgan fingerprint density at radius 3 is 1.61 bits per heavy atom. The average Bonchev–Trinajstić information content (AvgIpc) is 3.11. The highest BCUT2D eigenvalue weighted by Gasteiger charge is 2.47. The second-order valence-corrected chi connectivity index (χ2v) is 9.33. The number of halogens is 4. The molecule has 0 amide bonds. The zero-order chi connectivity index (χ0) is 16.2. The van der Waals surface area contributed by atoms with Crippen LogP contribution in [0.3, 0.4) is 0 Å². The number of alkyl halides is 2. The van der Waals surface area contributed by atoms with Crippen molar-refractivity contribution in [3.05, 3.63) is 64.8 Å². The van der Waals surface area contributed by atoms with Crippen LogP contribution < -0.4 is 0 Å². The summed E-state index contributed by atoms with van der Waals surface area (Å²) in [6, 6.07) is 9.08. The molecule has 2 aliphatic carbocycles. The molecule has 4 heteroatoms. The zero-order valence-corrected chi connectivity index (χ0v) is 18.4. The van der Waals surface area contributed by atoms with Crippen LogP contribution >= 0.6 is 68.4 Å². The van der Waals surface area contributed by atoms with Crippen LogP contribution in [0.25, 0.3) is 0 Å². The third kappa shape index (κ3) is 2.42. The Morgan fingerprint density at radius 2 is 1.22 bits per heavy atom. The van der Waals surface area contributed by atoms with E-state index in [1.165, 1.54) is 53.4 Å². The molecule has 0 fully saturated rings. The number of hydrogen-bond donors (Lipinski definition) is 0. The lowest BCUT2D eigenvalue weighted by Crippen LogP contribution is -2.25. The predicted octanol–water partition coefficient (Wildman–Crippen LogP) is 6.55. The van der Waals surface area contributed by atoms with Gasteiger partial charge in [0.15, 0.2) is 0 Å². The highest BCUT2D eigenvalue weighted by molar-refractivity contribution is 14.1. The van der Waals surface area contributed by atoms with Crippen LogP contribution in [-0.4, -0.2) is 0 Å². The van der Waals surface area contributed by atoms with Crippen molar-refractivity contribution in [1.29, 1.82) is 0 Å². The second-order valence-electron chi connectivity index (χ2n) is 6.47. The summed E-state index contributed by atoms with van der Waals surface area (Å²) < 4.78 is 2.59. The van der Waals surface area contributed by atoms with E-state index in [2.05, 4.69) is 69.4 Å². The van der Waals surface area contributed by atoms with Crippen LogP contribution in [0.4, 0.5) is 0 Å². The molecule has 0 bridgehead atoms. The molecule has 0 saturated heterocycles. The van der Waals surface area contributed by atoms with Crippen LogP contribution in [0, 0.1) is 7.14 Å². The van der Waals surface area contributed by atoms with Crippen LogP contribution in [0.5, 0.6) is 0 Å². The summed E-state index contributed by atoms with van der Waals surface area (Å²) in [4.78, 5) is 0. The molecular formula is C19H16Cl2I2. The van der Waals surface area contributed by atoms with Crippen LogP contribution in [-0.2, 0) is 30.0 Å². The van der Waals surface area contributed by atoms with Crippen molar-refractivity contribution < 1.29 is 0 Å². The number of aryl methyl sites for hydroxylation is 2.